The third-order valence-electron chi connectivity index (χ3n) is 2.01. The number of alkyl halides is 2. The Kier molecular flexibility index (Phi) is 5.45. The summed E-state index contributed by atoms with van der Waals surface area (Å²) < 4.78 is 67.5. The maximum Gasteiger partial charge on any atom is 0.400 e. The fourth-order valence-corrected chi connectivity index (χ4v) is 2.42. The van der Waals surface area contributed by atoms with Crippen molar-refractivity contribution >= 4 is 22.2 Å². The third-order valence-corrected chi connectivity index (χ3v) is 3.89. The van der Waals surface area contributed by atoms with Crippen molar-refractivity contribution in [2.24, 2.45) is 5.73 Å². The van der Waals surface area contributed by atoms with Crippen LogP contribution in [-0.4, -0.2) is 20.2 Å². The van der Waals surface area contributed by atoms with Crippen molar-refractivity contribution in [3.8, 4) is 0 Å². The highest BCUT2D eigenvalue weighted by Gasteiger charge is 2.51. The molecule has 0 radical (unpaired) electrons. The Balaban J connectivity index is 0.00000289. The maximum atomic E-state index is 13.4. The third kappa shape index (κ3) is 2.70. The molecule has 1 aromatic heterocycles. The number of furan rings is 1. The van der Waals surface area contributed by atoms with Gasteiger partial charge in [-0.15, -0.1) is 12.4 Å². The summed E-state index contributed by atoms with van der Waals surface area (Å²) in [6.45, 7) is 0.662. The molecule has 104 valence electrons. The number of hydrogen-bond donors (Lipinski definition) is 1. The summed E-state index contributed by atoms with van der Waals surface area (Å²) in [6, 6.07) is 0.842. The number of nitrogens with two attached hydrogens (primary N) is 1. The van der Waals surface area contributed by atoms with Crippen LogP contribution in [0.5, 0.6) is 0 Å². The first-order chi connectivity index (χ1) is 7.75. The van der Waals surface area contributed by atoms with E-state index in [1.807, 2.05) is 0 Å². The maximum absolute atomic E-state index is 13.4. The molecule has 0 bridgehead atoms. The molecular formula is C9H11ClF3NO3S. The molecule has 0 amide bonds. The van der Waals surface area contributed by atoms with Gasteiger partial charge in [-0.25, -0.2) is 12.8 Å². The highest BCUT2D eigenvalue weighted by molar-refractivity contribution is 7.92. The van der Waals surface area contributed by atoms with Gasteiger partial charge in [0.2, 0.25) is 0 Å². The van der Waals surface area contributed by atoms with E-state index >= 15 is 0 Å². The Morgan fingerprint density at radius 2 is 2.11 bits per heavy atom. The van der Waals surface area contributed by atoms with Gasteiger partial charge in [0, 0.05) is 6.54 Å². The fourth-order valence-electron chi connectivity index (χ4n) is 1.14. The molecule has 0 aliphatic heterocycles. The van der Waals surface area contributed by atoms with Crippen LogP contribution in [-0.2, 0) is 9.84 Å². The number of hydrogen-bond acceptors (Lipinski definition) is 4. The van der Waals surface area contributed by atoms with Crippen LogP contribution in [0.4, 0.5) is 13.2 Å². The first kappa shape index (κ1) is 17.0. The van der Waals surface area contributed by atoms with Gasteiger partial charge in [-0.05, 0) is 19.1 Å². The SMILES string of the molecule is Cc1occc1S(=O)(=O)C(F)(F)/C(F)=C/CN.Cl. The molecule has 0 saturated heterocycles. The summed E-state index contributed by atoms with van der Waals surface area (Å²) in [5, 5.41) is -4.65. The van der Waals surface area contributed by atoms with Gasteiger partial charge in [0.1, 0.15) is 10.7 Å². The van der Waals surface area contributed by atoms with Crippen LogP contribution in [0.25, 0.3) is 0 Å². The summed E-state index contributed by atoms with van der Waals surface area (Å²) >= 11 is 0. The lowest BCUT2D eigenvalue weighted by Crippen LogP contribution is -2.30. The van der Waals surface area contributed by atoms with E-state index in [0.29, 0.717) is 6.08 Å². The van der Waals surface area contributed by atoms with Gasteiger partial charge in [-0.2, -0.15) is 8.78 Å². The Hall–Kier alpha value is -0.990. The van der Waals surface area contributed by atoms with E-state index < -0.39 is 32.4 Å². The molecule has 0 aliphatic carbocycles. The Morgan fingerprint density at radius 3 is 2.50 bits per heavy atom. The molecule has 9 heteroatoms. The van der Waals surface area contributed by atoms with Crippen LogP contribution >= 0.6 is 12.4 Å². The smallest absolute Gasteiger partial charge is 0.400 e. The Bertz CT molecular complexity index is 539. The molecular weight excluding hydrogens is 295 g/mol. The second-order valence-electron chi connectivity index (χ2n) is 3.15. The van der Waals surface area contributed by atoms with Crippen LogP contribution in [0.3, 0.4) is 0 Å². The van der Waals surface area contributed by atoms with Crippen molar-refractivity contribution in [2.45, 2.75) is 17.1 Å². The van der Waals surface area contributed by atoms with Crippen molar-refractivity contribution in [3.05, 3.63) is 30.0 Å². The zero-order valence-corrected chi connectivity index (χ0v) is 10.8. The van der Waals surface area contributed by atoms with E-state index in [1.54, 1.807) is 0 Å². The fraction of sp³-hybridized carbons (Fsp3) is 0.333. The van der Waals surface area contributed by atoms with E-state index in [4.69, 9.17) is 5.73 Å². The number of rotatable bonds is 4. The largest absolute Gasteiger partial charge is 0.468 e. The lowest BCUT2D eigenvalue weighted by Gasteiger charge is -2.14. The van der Waals surface area contributed by atoms with Crippen LogP contribution in [0.1, 0.15) is 5.76 Å². The summed E-state index contributed by atoms with van der Waals surface area (Å²) in [6.07, 6.45) is 1.25. The predicted molar refractivity (Wildman–Crippen MR) is 61.1 cm³/mol. The van der Waals surface area contributed by atoms with Crippen molar-refractivity contribution in [3.63, 3.8) is 0 Å². The van der Waals surface area contributed by atoms with E-state index in [9.17, 15) is 21.6 Å². The lowest BCUT2D eigenvalue weighted by molar-refractivity contribution is 0.105. The van der Waals surface area contributed by atoms with Crippen LogP contribution in [0.2, 0.25) is 0 Å². The topological polar surface area (TPSA) is 73.3 Å². The van der Waals surface area contributed by atoms with Gasteiger partial charge in [-0.3, -0.25) is 0 Å². The molecule has 0 fully saturated rings. The van der Waals surface area contributed by atoms with E-state index in [0.717, 1.165) is 12.3 Å². The first-order valence-corrected chi connectivity index (χ1v) is 5.96. The molecule has 18 heavy (non-hydrogen) atoms. The van der Waals surface area contributed by atoms with E-state index in [2.05, 4.69) is 4.42 Å². The van der Waals surface area contributed by atoms with Crippen LogP contribution in [0, 0.1) is 6.92 Å². The van der Waals surface area contributed by atoms with Crippen molar-refractivity contribution in [1.82, 2.24) is 0 Å². The Morgan fingerprint density at radius 1 is 1.56 bits per heavy atom. The number of halogens is 4. The van der Waals surface area contributed by atoms with Crippen molar-refractivity contribution < 1.29 is 26.0 Å². The zero-order valence-electron chi connectivity index (χ0n) is 9.19. The average Bonchev–Trinajstić information content (AvgIpc) is 2.65. The van der Waals surface area contributed by atoms with Crippen LogP contribution < -0.4 is 5.73 Å². The van der Waals surface area contributed by atoms with Crippen LogP contribution in [0.15, 0.2) is 33.5 Å². The molecule has 0 unspecified atom stereocenters. The average molecular weight is 306 g/mol. The van der Waals surface area contributed by atoms with Gasteiger partial charge in [0.25, 0.3) is 9.84 Å². The summed E-state index contributed by atoms with van der Waals surface area (Å²) in [4.78, 5) is -0.747. The number of sulfone groups is 1. The minimum Gasteiger partial charge on any atom is -0.468 e. The molecule has 1 rings (SSSR count). The number of aryl methyl sites for hydroxylation is 1. The van der Waals surface area contributed by atoms with Crippen molar-refractivity contribution in [1.29, 1.82) is 0 Å². The molecule has 0 spiro atoms. The second kappa shape index (κ2) is 5.77. The monoisotopic (exact) mass is 305 g/mol. The molecule has 0 atom stereocenters. The second-order valence-corrected chi connectivity index (χ2v) is 5.11. The molecule has 2 N–H and O–H groups in total. The molecule has 0 aliphatic rings. The van der Waals surface area contributed by atoms with Gasteiger partial charge in [-0.1, -0.05) is 0 Å². The first-order valence-electron chi connectivity index (χ1n) is 4.48. The molecule has 0 aromatic carbocycles. The van der Waals surface area contributed by atoms with Gasteiger partial charge in [0.05, 0.1) is 6.26 Å². The quantitative estimate of drug-likeness (QED) is 0.925. The van der Waals surface area contributed by atoms with Gasteiger partial charge >= 0.3 is 5.25 Å². The molecule has 1 heterocycles. The molecule has 0 saturated carbocycles. The lowest BCUT2D eigenvalue weighted by atomic mass is 10.5. The molecule has 4 nitrogen and oxygen atoms in total. The highest BCUT2D eigenvalue weighted by atomic mass is 35.5. The van der Waals surface area contributed by atoms with Gasteiger partial charge in [0.15, 0.2) is 5.83 Å². The van der Waals surface area contributed by atoms with E-state index in [-0.39, 0.29) is 18.2 Å². The minimum absolute atomic E-state index is 0. The zero-order chi connectivity index (χ0) is 13.3. The standard InChI is InChI=1S/C9H10F3NO3S.ClH/c1-6-7(3-5-16-6)17(14,15)9(11,12)8(10)2-4-13;/h2-3,5H,4,13H2,1H3;1H/b8-2-;. The summed E-state index contributed by atoms with van der Waals surface area (Å²) in [5.41, 5.74) is 4.85. The Labute approximate surface area is 108 Å². The summed E-state index contributed by atoms with van der Waals surface area (Å²) in [7, 11) is -5.17. The normalized spacial score (nSPS) is 13.3. The van der Waals surface area contributed by atoms with Gasteiger partial charge < -0.3 is 10.2 Å². The van der Waals surface area contributed by atoms with Crippen molar-refractivity contribution in [2.75, 3.05) is 6.54 Å². The predicted octanol–water partition coefficient (Wildman–Crippen LogP) is 2.19. The molecule has 1 aromatic rings. The highest BCUT2D eigenvalue weighted by Crippen LogP contribution is 2.37. The van der Waals surface area contributed by atoms with E-state index in [1.165, 1.54) is 6.92 Å². The summed E-state index contributed by atoms with van der Waals surface area (Å²) in [5.74, 6) is -2.33. The minimum atomic E-state index is -5.17.